The van der Waals surface area contributed by atoms with Gasteiger partial charge < -0.3 is 15.0 Å². The third-order valence-electron chi connectivity index (χ3n) is 4.01. The van der Waals surface area contributed by atoms with Gasteiger partial charge in [0.1, 0.15) is 6.04 Å². The van der Waals surface area contributed by atoms with Gasteiger partial charge in [0.05, 0.1) is 12.6 Å². The number of rotatable bonds is 3. The van der Waals surface area contributed by atoms with Gasteiger partial charge in [-0.2, -0.15) is 11.8 Å². The molecule has 2 fully saturated rings. The first kappa shape index (κ1) is 15.6. The van der Waals surface area contributed by atoms with E-state index in [0.717, 1.165) is 25.1 Å². The summed E-state index contributed by atoms with van der Waals surface area (Å²) in [7, 11) is 0. The standard InChI is InChI=1S/C14H24N2O3S/c1-3-19-14(18)11-9-20-8-7-16(11)13(17)12-10(2)5-4-6-15-12/h10-12,15H,3-9H2,1-2H3. The number of thioether (sulfide) groups is 1. The van der Waals surface area contributed by atoms with Crippen LogP contribution < -0.4 is 5.32 Å². The smallest absolute Gasteiger partial charge is 0.329 e. The second-order valence-corrected chi connectivity index (χ2v) is 6.58. The molecular weight excluding hydrogens is 276 g/mol. The van der Waals surface area contributed by atoms with Crippen LogP contribution in [0, 0.1) is 5.92 Å². The van der Waals surface area contributed by atoms with Gasteiger partial charge in [-0.15, -0.1) is 0 Å². The zero-order valence-corrected chi connectivity index (χ0v) is 13.1. The second kappa shape index (κ2) is 7.31. The summed E-state index contributed by atoms with van der Waals surface area (Å²) in [5.41, 5.74) is 0. The molecule has 2 aliphatic heterocycles. The van der Waals surface area contributed by atoms with Crippen LogP contribution in [0.4, 0.5) is 0 Å². The number of piperidine rings is 1. The fourth-order valence-electron chi connectivity index (χ4n) is 2.86. The first-order valence-electron chi connectivity index (χ1n) is 7.43. The van der Waals surface area contributed by atoms with Gasteiger partial charge in [-0.3, -0.25) is 4.79 Å². The van der Waals surface area contributed by atoms with Gasteiger partial charge in [-0.05, 0) is 32.2 Å². The van der Waals surface area contributed by atoms with E-state index in [-0.39, 0.29) is 17.9 Å². The van der Waals surface area contributed by atoms with Crippen LogP contribution >= 0.6 is 11.8 Å². The van der Waals surface area contributed by atoms with E-state index in [9.17, 15) is 9.59 Å². The lowest BCUT2D eigenvalue weighted by Gasteiger charge is -2.39. The quantitative estimate of drug-likeness (QED) is 0.784. The molecule has 2 saturated heterocycles. The predicted molar refractivity (Wildman–Crippen MR) is 79.6 cm³/mol. The van der Waals surface area contributed by atoms with Crippen molar-refractivity contribution < 1.29 is 14.3 Å². The molecule has 0 aromatic heterocycles. The average Bonchev–Trinajstić information content (AvgIpc) is 2.47. The lowest BCUT2D eigenvalue weighted by atomic mass is 9.91. The SMILES string of the molecule is CCOC(=O)C1CSCCN1C(=O)C1NCCCC1C. The van der Waals surface area contributed by atoms with Gasteiger partial charge in [0, 0.05) is 18.1 Å². The molecule has 0 saturated carbocycles. The fourth-order valence-corrected chi connectivity index (χ4v) is 3.89. The molecule has 2 rings (SSSR count). The van der Waals surface area contributed by atoms with Crippen molar-refractivity contribution in [1.29, 1.82) is 0 Å². The van der Waals surface area contributed by atoms with E-state index in [1.165, 1.54) is 0 Å². The fraction of sp³-hybridized carbons (Fsp3) is 0.857. The minimum absolute atomic E-state index is 0.0653. The van der Waals surface area contributed by atoms with Crippen molar-refractivity contribution in [3.63, 3.8) is 0 Å². The summed E-state index contributed by atoms with van der Waals surface area (Å²) < 4.78 is 5.11. The number of carbonyl (C=O) groups excluding carboxylic acids is 2. The number of hydrogen-bond acceptors (Lipinski definition) is 5. The summed E-state index contributed by atoms with van der Waals surface area (Å²) in [6.07, 6.45) is 2.18. The van der Waals surface area contributed by atoms with E-state index in [1.54, 1.807) is 23.6 Å². The van der Waals surface area contributed by atoms with Gasteiger partial charge in [-0.25, -0.2) is 4.79 Å². The van der Waals surface area contributed by atoms with Crippen LogP contribution in [0.25, 0.3) is 0 Å². The Morgan fingerprint density at radius 2 is 2.25 bits per heavy atom. The first-order chi connectivity index (χ1) is 9.65. The summed E-state index contributed by atoms with van der Waals surface area (Å²) >= 11 is 1.71. The molecule has 1 N–H and O–H groups in total. The third kappa shape index (κ3) is 3.47. The highest BCUT2D eigenvalue weighted by atomic mass is 32.2. The molecule has 6 heteroatoms. The van der Waals surface area contributed by atoms with Crippen molar-refractivity contribution >= 4 is 23.6 Å². The summed E-state index contributed by atoms with van der Waals surface area (Å²) in [5, 5.41) is 3.31. The van der Waals surface area contributed by atoms with Crippen LogP contribution in [0.5, 0.6) is 0 Å². The number of hydrogen-bond donors (Lipinski definition) is 1. The van der Waals surface area contributed by atoms with Crippen molar-refractivity contribution in [2.45, 2.75) is 38.8 Å². The van der Waals surface area contributed by atoms with Gasteiger partial charge in [0.15, 0.2) is 0 Å². The molecule has 0 aromatic carbocycles. The largest absolute Gasteiger partial charge is 0.464 e. The monoisotopic (exact) mass is 300 g/mol. The minimum Gasteiger partial charge on any atom is -0.464 e. The second-order valence-electron chi connectivity index (χ2n) is 5.43. The van der Waals surface area contributed by atoms with Crippen molar-refractivity contribution in [3.05, 3.63) is 0 Å². The van der Waals surface area contributed by atoms with E-state index in [2.05, 4.69) is 12.2 Å². The van der Waals surface area contributed by atoms with Crippen LogP contribution in [0.1, 0.15) is 26.7 Å². The van der Waals surface area contributed by atoms with E-state index in [4.69, 9.17) is 4.74 Å². The highest BCUT2D eigenvalue weighted by molar-refractivity contribution is 7.99. The first-order valence-corrected chi connectivity index (χ1v) is 8.58. The number of amides is 1. The lowest BCUT2D eigenvalue weighted by Crippen LogP contribution is -2.59. The molecule has 0 bridgehead atoms. The zero-order chi connectivity index (χ0) is 14.5. The van der Waals surface area contributed by atoms with Crippen molar-refractivity contribution in [3.8, 4) is 0 Å². The van der Waals surface area contributed by atoms with Crippen molar-refractivity contribution in [2.75, 3.05) is 31.2 Å². The molecule has 0 aromatic rings. The summed E-state index contributed by atoms with van der Waals surface area (Å²) in [6.45, 7) is 5.78. The summed E-state index contributed by atoms with van der Waals surface area (Å²) in [4.78, 5) is 26.5. The van der Waals surface area contributed by atoms with Crippen LogP contribution in [-0.2, 0) is 14.3 Å². The molecular formula is C14H24N2O3S. The van der Waals surface area contributed by atoms with Crippen LogP contribution in [0.3, 0.4) is 0 Å². The van der Waals surface area contributed by atoms with Crippen molar-refractivity contribution in [2.24, 2.45) is 5.92 Å². The molecule has 2 aliphatic rings. The van der Waals surface area contributed by atoms with Crippen molar-refractivity contribution in [1.82, 2.24) is 10.2 Å². The molecule has 1 amide bonds. The lowest BCUT2D eigenvalue weighted by molar-refractivity contribution is -0.155. The van der Waals surface area contributed by atoms with Gasteiger partial charge in [0.2, 0.25) is 5.91 Å². The third-order valence-corrected chi connectivity index (χ3v) is 5.03. The molecule has 3 atom stereocenters. The highest BCUT2D eigenvalue weighted by Crippen LogP contribution is 2.23. The minimum atomic E-state index is -0.419. The van der Waals surface area contributed by atoms with E-state index in [0.29, 0.717) is 24.8 Å². The molecule has 20 heavy (non-hydrogen) atoms. The van der Waals surface area contributed by atoms with E-state index < -0.39 is 6.04 Å². The molecule has 0 radical (unpaired) electrons. The van der Waals surface area contributed by atoms with Gasteiger partial charge in [-0.1, -0.05) is 6.92 Å². The maximum Gasteiger partial charge on any atom is 0.329 e. The Hall–Kier alpha value is -0.750. The summed E-state index contributed by atoms with van der Waals surface area (Å²) in [5.74, 6) is 1.66. The van der Waals surface area contributed by atoms with Crippen LogP contribution in [-0.4, -0.2) is 60.1 Å². The zero-order valence-electron chi connectivity index (χ0n) is 12.3. The molecule has 2 heterocycles. The molecule has 114 valence electrons. The molecule has 0 spiro atoms. The van der Waals surface area contributed by atoms with Gasteiger partial charge >= 0.3 is 5.97 Å². The Morgan fingerprint density at radius 3 is 2.95 bits per heavy atom. The van der Waals surface area contributed by atoms with Gasteiger partial charge in [0.25, 0.3) is 0 Å². The number of nitrogens with one attached hydrogen (secondary N) is 1. The predicted octanol–water partition coefficient (Wildman–Crippen LogP) is 0.882. The summed E-state index contributed by atoms with van der Waals surface area (Å²) in [6, 6.07) is -0.569. The van der Waals surface area contributed by atoms with E-state index in [1.807, 2.05) is 0 Å². The van der Waals surface area contributed by atoms with Crippen LogP contribution in [0.2, 0.25) is 0 Å². The maximum absolute atomic E-state index is 12.7. The normalized spacial score (nSPS) is 30.9. The Bertz CT molecular complexity index is 364. The Labute approximate surface area is 124 Å². The molecule has 5 nitrogen and oxygen atoms in total. The number of nitrogens with zero attached hydrogens (tertiary/aromatic N) is 1. The molecule has 0 aliphatic carbocycles. The average molecular weight is 300 g/mol. The maximum atomic E-state index is 12.7. The molecule has 3 unspecified atom stereocenters. The number of esters is 1. The number of ether oxygens (including phenoxy) is 1. The Balaban J connectivity index is 2.06. The Kier molecular flexibility index (Phi) is 5.72. The number of carbonyl (C=O) groups is 2. The Morgan fingerprint density at radius 1 is 1.45 bits per heavy atom. The van der Waals surface area contributed by atoms with E-state index >= 15 is 0 Å². The highest BCUT2D eigenvalue weighted by Gasteiger charge is 2.38. The topological polar surface area (TPSA) is 58.6 Å². The van der Waals surface area contributed by atoms with Crippen LogP contribution in [0.15, 0.2) is 0 Å².